The van der Waals surface area contributed by atoms with Crippen molar-refractivity contribution in [2.45, 2.75) is 186 Å². The Labute approximate surface area is 553 Å². The first-order valence-electron chi connectivity index (χ1n) is 31.2. The number of nitrogens with zero attached hydrogens (tertiary/aromatic N) is 3. The Bertz CT molecular complexity index is 3100. The molecule has 4 saturated heterocycles. The monoisotopic (exact) mass is 1380 g/mol. The van der Waals surface area contributed by atoms with Crippen LogP contribution in [0.2, 0.25) is 0 Å². The number of carbonyl (C=O) groups is 7. The number of hydrogen-bond acceptors (Lipinski definition) is 32. The second kappa shape index (κ2) is 33.3. The van der Waals surface area contributed by atoms with E-state index in [0.717, 1.165) is 4.90 Å². The maximum Gasteiger partial charge on any atom is 0.306 e. The maximum absolute atomic E-state index is 15.2. The lowest BCUT2D eigenvalue weighted by Gasteiger charge is -2.46. The van der Waals surface area contributed by atoms with Crippen molar-refractivity contribution in [2.75, 3.05) is 46.1 Å². The van der Waals surface area contributed by atoms with Crippen molar-refractivity contribution >= 4 is 53.3 Å². The number of carbonyl (C=O) groups excluding carboxylic acids is 7. The molecule has 0 bridgehead atoms. The van der Waals surface area contributed by atoms with Crippen LogP contribution in [0.15, 0.2) is 64.6 Å². The maximum atomic E-state index is 15.2. The Morgan fingerprint density at radius 2 is 1.21 bits per heavy atom. The highest BCUT2D eigenvalue weighted by Gasteiger charge is 2.55. The third-order valence-corrected chi connectivity index (χ3v) is 17.3. The summed E-state index contributed by atoms with van der Waals surface area (Å²) in [5.74, 6) is -10.0. The van der Waals surface area contributed by atoms with Crippen molar-refractivity contribution in [3.05, 3.63) is 65.7 Å². The fraction of sp³-hybridized carbons (Fsp3) is 0.644. The number of benzene rings is 2. The molecule has 38 nitrogen and oxygen atoms in total. The van der Waals surface area contributed by atoms with E-state index in [1.54, 1.807) is 51.1 Å². The number of ether oxygens (including phenoxy) is 6. The molecule has 6 heterocycles. The van der Waals surface area contributed by atoms with Gasteiger partial charge in [-0.2, -0.15) is 0 Å². The number of esters is 1. The van der Waals surface area contributed by atoms with E-state index in [9.17, 15) is 90.4 Å². The smallest absolute Gasteiger partial charge is 0.306 e. The zero-order valence-corrected chi connectivity index (χ0v) is 52.7. The predicted molar refractivity (Wildman–Crippen MR) is 326 cm³/mol. The van der Waals surface area contributed by atoms with Crippen LogP contribution in [0, 0.1) is 5.92 Å². The van der Waals surface area contributed by atoms with Crippen molar-refractivity contribution < 1.29 is 128 Å². The molecule has 97 heavy (non-hydrogen) atoms. The van der Waals surface area contributed by atoms with Gasteiger partial charge in [-0.1, -0.05) is 63.2 Å². The summed E-state index contributed by atoms with van der Waals surface area (Å²) in [7, 11) is 0. The molecule has 538 valence electrons. The lowest BCUT2D eigenvalue weighted by Crippen LogP contribution is -2.70. The second-order valence-electron chi connectivity index (χ2n) is 24.6. The van der Waals surface area contributed by atoms with Crippen molar-refractivity contribution in [2.24, 2.45) is 27.4 Å². The van der Waals surface area contributed by atoms with Gasteiger partial charge in [0.05, 0.1) is 58.1 Å². The number of nitrogens with two attached hydrogens (primary N) is 2. The number of amides is 6. The number of aliphatic imine (C=N–C) groups is 2. The predicted octanol–water partition coefficient (Wildman–Crippen LogP) is -12.0. The number of aliphatic hydroxyl groups is 13. The van der Waals surface area contributed by atoms with Gasteiger partial charge in [0.25, 0.3) is 0 Å². The molecule has 6 aliphatic heterocycles. The van der Waals surface area contributed by atoms with Crippen LogP contribution < -0.4 is 53.4 Å². The summed E-state index contributed by atoms with van der Waals surface area (Å²) < 4.78 is 34.1. The van der Waals surface area contributed by atoms with Gasteiger partial charge in [0.1, 0.15) is 115 Å². The Hall–Kier alpha value is -7.61. The van der Waals surface area contributed by atoms with Crippen LogP contribution in [-0.4, -0.2) is 317 Å². The molecule has 2 aromatic rings. The Morgan fingerprint density at radius 3 is 1.84 bits per heavy atom. The summed E-state index contributed by atoms with van der Waals surface area (Å²) >= 11 is 0. The molecule has 8 rings (SSSR count). The highest BCUT2D eigenvalue weighted by molar-refractivity contribution is 5.98. The van der Waals surface area contributed by atoms with E-state index in [1.807, 2.05) is 0 Å². The quantitative estimate of drug-likeness (QED) is 0.0547. The summed E-state index contributed by atoms with van der Waals surface area (Å²) in [6.45, 7) is -0.601. The molecule has 6 aliphatic rings. The largest absolute Gasteiger partial charge is 0.462 e. The first-order valence-corrected chi connectivity index (χ1v) is 31.2. The fourth-order valence-corrected chi connectivity index (χ4v) is 11.9. The van der Waals surface area contributed by atoms with Crippen LogP contribution >= 0.6 is 0 Å². The molecule has 0 aliphatic carbocycles. The van der Waals surface area contributed by atoms with Crippen LogP contribution in [0.3, 0.4) is 0 Å². The number of guanidine groups is 2. The van der Waals surface area contributed by atoms with Gasteiger partial charge in [-0.3, -0.25) is 43.5 Å². The number of nitrogens with one attached hydrogen (secondary N) is 7. The highest BCUT2D eigenvalue weighted by Crippen LogP contribution is 2.33. The average molecular weight is 1380 g/mol. The SMILES string of the molecule is CC(C)CC(=O)O[C@@H]1[C@H](O)[C@@H](O[C@H]2[C@H](O)[C@H](O)[C@@H](Oc3ccc(C[C@H]4NC(=O)[C@@H](C(C)c5ccccc5)NC(=O)CNC(=O)[C@H](CO)NC(=O)[C@@H](C(O)C5CN=C(N)N5[C@H]5O[C@H](CO)[C@@H](O)[C@H](O)[C@@H]5O)NC(=O)[C@H](C(O)C5CN=C(N)N5)NC4=O)cc3)O[C@@H]2CO)O[C@H](CO)[C@H]1O. The van der Waals surface area contributed by atoms with E-state index in [-0.39, 0.29) is 36.2 Å². The molecular weight excluding hydrogens is 1290 g/mol. The van der Waals surface area contributed by atoms with Gasteiger partial charge in [0.2, 0.25) is 41.7 Å². The number of aliphatic hydroxyl groups excluding tert-OH is 13. The first-order chi connectivity index (χ1) is 46.1. The summed E-state index contributed by atoms with van der Waals surface area (Å²) in [5, 5.41) is 160. The van der Waals surface area contributed by atoms with Crippen LogP contribution in [0.25, 0.3) is 0 Å². The molecule has 4 fully saturated rings. The molecule has 6 amide bonds. The second-order valence-corrected chi connectivity index (χ2v) is 24.6. The minimum atomic E-state index is -2.35. The van der Waals surface area contributed by atoms with Gasteiger partial charge in [0.15, 0.2) is 30.5 Å². The van der Waals surface area contributed by atoms with Gasteiger partial charge in [-0.25, -0.2) is 0 Å². The van der Waals surface area contributed by atoms with E-state index < -0.39 is 246 Å². The number of rotatable bonds is 20. The van der Waals surface area contributed by atoms with Gasteiger partial charge in [-0.05, 0) is 29.2 Å². The number of hydrogen-bond donors (Lipinski definition) is 22. The normalized spacial score (nSPS) is 35.9. The molecule has 38 heteroatoms. The molecule has 0 spiro atoms. The minimum Gasteiger partial charge on any atom is -0.462 e. The van der Waals surface area contributed by atoms with E-state index in [1.165, 1.54) is 24.3 Å². The van der Waals surface area contributed by atoms with Gasteiger partial charge in [-0.15, -0.1) is 0 Å². The minimum absolute atomic E-state index is 0.0858. The first kappa shape index (κ1) is 75.2. The lowest BCUT2D eigenvalue weighted by atomic mass is 9.92. The van der Waals surface area contributed by atoms with Gasteiger partial charge >= 0.3 is 5.97 Å². The Kier molecular flexibility index (Phi) is 25.8. The van der Waals surface area contributed by atoms with E-state index >= 15 is 9.59 Å². The Morgan fingerprint density at radius 1 is 0.598 bits per heavy atom. The average Bonchev–Trinajstić information content (AvgIpc) is 1.76. The van der Waals surface area contributed by atoms with E-state index in [4.69, 9.17) is 39.9 Å². The molecular formula is C59H86N12O26. The molecule has 25 atom stereocenters. The topological polar surface area (TPSA) is 602 Å². The summed E-state index contributed by atoms with van der Waals surface area (Å²) in [6, 6.07) is 0.737. The zero-order valence-electron chi connectivity index (χ0n) is 52.7. The standard InChI is InChI=1S/C59H86N12O26/c1-22(2)13-35(77)96-49-42(81)32(20-74)94-57(47(49)86)97-48-33(21-75)95-56(46(85)44(48)83)92-26-11-9-24(10-12-26)14-27-51(88)69-37(39(78)28-15-63-58(60)67-28)54(91)70-38(40(79)30-16-64-59(61)71(30)55-45(84)43(82)41(80)31(19-73)93-55)53(90)66-29(18-72)50(87)62-17-34(76)68-36(52(89)65-27)23(3)25-7-5-4-6-8-25/h4-12,22-23,27-33,36-49,55-57,72-75,78-86H,13-21H2,1-3H3,(H2,61,64)(H,62,87)(H,65,89)(H,66,90)(H,68,76)(H,69,88)(H,70,91)(H3,60,63,67)/t23?,27-,28?,29+,30?,31-,32-,33-,36-,37+,38-,39?,40?,41-,42-,43+,44-,45+,46+,47+,48-,49+,55+,56+,57-/m1/s1. The molecule has 2 aromatic carbocycles. The van der Waals surface area contributed by atoms with Crippen molar-refractivity contribution in [3.8, 4) is 5.75 Å². The summed E-state index contributed by atoms with van der Waals surface area (Å²) in [4.78, 5) is 109. The van der Waals surface area contributed by atoms with Crippen LogP contribution in [0.5, 0.6) is 5.75 Å². The summed E-state index contributed by atoms with van der Waals surface area (Å²) in [5.41, 5.74) is 12.8. The molecule has 0 saturated carbocycles. The Balaban J connectivity index is 1.09. The van der Waals surface area contributed by atoms with Crippen molar-refractivity contribution in [3.63, 3.8) is 0 Å². The molecule has 0 aromatic heterocycles. The van der Waals surface area contributed by atoms with Crippen molar-refractivity contribution in [1.29, 1.82) is 0 Å². The van der Waals surface area contributed by atoms with Crippen LogP contribution in [-0.2, 0) is 63.7 Å². The lowest BCUT2D eigenvalue weighted by molar-refractivity contribution is -0.353. The zero-order chi connectivity index (χ0) is 70.9. The molecule has 5 unspecified atom stereocenters. The third kappa shape index (κ3) is 17.6. The van der Waals surface area contributed by atoms with Gasteiger partial charge < -0.3 is 148 Å². The summed E-state index contributed by atoms with van der Waals surface area (Å²) in [6.07, 6.45) is -31.9. The van der Waals surface area contributed by atoms with E-state index in [0.29, 0.717) is 5.56 Å². The fourth-order valence-electron chi connectivity index (χ4n) is 11.9. The van der Waals surface area contributed by atoms with Crippen molar-refractivity contribution in [1.82, 2.24) is 42.1 Å². The van der Waals surface area contributed by atoms with Crippen LogP contribution in [0.1, 0.15) is 44.2 Å². The third-order valence-electron chi connectivity index (χ3n) is 17.3. The molecule has 0 radical (unpaired) electrons. The van der Waals surface area contributed by atoms with Gasteiger partial charge in [0, 0.05) is 18.8 Å². The molecule has 24 N–H and O–H groups in total. The highest BCUT2D eigenvalue weighted by atomic mass is 16.7. The van der Waals surface area contributed by atoms with E-state index in [2.05, 4.69) is 47.2 Å². The van der Waals surface area contributed by atoms with Crippen LogP contribution in [0.4, 0.5) is 0 Å².